The van der Waals surface area contributed by atoms with Gasteiger partial charge < -0.3 is 15.0 Å². The number of amides is 1. The van der Waals surface area contributed by atoms with E-state index in [1.54, 1.807) is 17.9 Å². The molecule has 8 nitrogen and oxygen atoms in total. The van der Waals surface area contributed by atoms with Gasteiger partial charge in [-0.2, -0.15) is 5.10 Å². The molecule has 0 aromatic carbocycles. The summed E-state index contributed by atoms with van der Waals surface area (Å²) in [6.07, 6.45) is 2.88. The SMILES string of the molecule is Cc1cc(C(=O)N2CCc3c(c(C(=O)O)nn3CC3CC3)C2)cc(=O)[nH]1. The smallest absolute Gasteiger partial charge is 0.356 e. The Balaban J connectivity index is 1.64. The van der Waals surface area contributed by atoms with Crippen LogP contribution in [0.2, 0.25) is 0 Å². The summed E-state index contributed by atoms with van der Waals surface area (Å²) in [4.78, 5) is 40.2. The molecule has 0 radical (unpaired) electrons. The van der Waals surface area contributed by atoms with Crippen molar-refractivity contribution in [3.63, 3.8) is 0 Å². The number of carbonyl (C=O) groups is 2. The van der Waals surface area contributed by atoms with E-state index in [0.29, 0.717) is 35.7 Å². The average molecular weight is 356 g/mol. The maximum absolute atomic E-state index is 12.8. The number of H-pyrrole nitrogens is 1. The highest BCUT2D eigenvalue weighted by Gasteiger charge is 2.32. The molecule has 0 spiro atoms. The van der Waals surface area contributed by atoms with Crippen molar-refractivity contribution in [2.24, 2.45) is 5.92 Å². The van der Waals surface area contributed by atoms with Crippen LogP contribution in [0, 0.1) is 12.8 Å². The normalized spacial score (nSPS) is 16.4. The molecule has 0 bridgehead atoms. The molecule has 2 aliphatic rings. The summed E-state index contributed by atoms with van der Waals surface area (Å²) in [5, 5.41) is 13.8. The molecular weight excluding hydrogens is 336 g/mol. The van der Waals surface area contributed by atoms with Crippen molar-refractivity contribution in [2.45, 2.75) is 39.3 Å². The first kappa shape index (κ1) is 16.6. The van der Waals surface area contributed by atoms with Crippen LogP contribution in [-0.4, -0.2) is 43.2 Å². The Morgan fingerprint density at radius 3 is 2.77 bits per heavy atom. The Morgan fingerprint density at radius 2 is 2.12 bits per heavy atom. The van der Waals surface area contributed by atoms with Crippen LogP contribution in [0.15, 0.2) is 16.9 Å². The van der Waals surface area contributed by atoms with Crippen LogP contribution in [0.4, 0.5) is 0 Å². The number of hydrogen-bond acceptors (Lipinski definition) is 4. The minimum absolute atomic E-state index is 0.0280. The van der Waals surface area contributed by atoms with Crippen LogP contribution < -0.4 is 5.56 Å². The molecule has 2 aromatic heterocycles. The summed E-state index contributed by atoms with van der Waals surface area (Å²) >= 11 is 0. The van der Waals surface area contributed by atoms with Crippen LogP contribution in [0.3, 0.4) is 0 Å². The van der Waals surface area contributed by atoms with Gasteiger partial charge in [0.15, 0.2) is 5.69 Å². The fraction of sp³-hybridized carbons (Fsp3) is 0.444. The highest BCUT2D eigenvalue weighted by Crippen LogP contribution is 2.32. The quantitative estimate of drug-likeness (QED) is 0.855. The minimum Gasteiger partial charge on any atom is -0.476 e. The molecular formula is C18H20N4O4. The van der Waals surface area contributed by atoms with E-state index in [0.717, 1.165) is 25.1 Å². The van der Waals surface area contributed by atoms with Crippen LogP contribution in [0.1, 0.15) is 50.6 Å². The van der Waals surface area contributed by atoms with Crippen molar-refractivity contribution < 1.29 is 14.7 Å². The fourth-order valence-electron chi connectivity index (χ4n) is 3.52. The molecule has 1 fully saturated rings. The maximum atomic E-state index is 12.8. The Labute approximate surface area is 149 Å². The van der Waals surface area contributed by atoms with E-state index >= 15 is 0 Å². The van der Waals surface area contributed by atoms with Gasteiger partial charge in [-0.15, -0.1) is 0 Å². The van der Waals surface area contributed by atoms with E-state index in [1.165, 1.54) is 6.07 Å². The highest BCUT2D eigenvalue weighted by atomic mass is 16.4. The number of fused-ring (bicyclic) bond motifs is 1. The van der Waals surface area contributed by atoms with Gasteiger partial charge >= 0.3 is 5.97 Å². The van der Waals surface area contributed by atoms with Crippen LogP contribution in [0.25, 0.3) is 0 Å². The number of aromatic carboxylic acids is 1. The number of hydrogen-bond donors (Lipinski definition) is 2. The fourth-order valence-corrected chi connectivity index (χ4v) is 3.52. The summed E-state index contributed by atoms with van der Waals surface area (Å²) in [7, 11) is 0. The molecule has 8 heteroatoms. The predicted octanol–water partition coefficient (Wildman–Crippen LogP) is 1.19. The summed E-state index contributed by atoms with van der Waals surface area (Å²) in [5.74, 6) is -0.757. The van der Waals surface area contributed by atoms with E-state index in [1.807, 2.05) is 4.68 Å². The first-order chi connectivity index (χ1) is 12.4. The second kappa shape index (κ2) is 6.12. The standard InChI is InChI=1S/C18H20N4O4/c1-10-6-12(7-15(23)19-10)17(24)21-5-4-14-13(9-21)16(18(25)26)20-22(14)8-11-2-3-11/h6-7,11H,2-5,8-9H2,1H3,(H,19,23)(H,25,26). The molecule has 0 saturated heterocycles. The van der Waals surface area contributed by atoms with Crippen molar-refractivity contribution in [1.29, 1.82) is 0 Å². The molecule has 2 N–H and O–H groups in total. The molecule has 2 aromatic rings. The van der Waals surface area contributed by atoms with E-state index in [-0.39, 0.29) is 23.7 Å². The zero-order valence-corrected chi connectivity index (χ0v) is 14.5. The number of nitrogens with zero attached hydrogens (tertiary/aromatic N) is 3. The molecule has 0 unspecified atom stereocenters. The van der Waals surface area contributed by atoms with E-state index in [2.05, 4.69) is 10.1 Å². The van der Waals surface area contributed by atoms with Gasteiger partial charge in [-0.3, -0.25) is 14.3 Å². The zero-order valence-electron chi connectivity index (χ0n) is 14.5. The second-order valence-electron chi connectivity index (χ2n) is 7.10. The number of aryl methyl sites for hydroxylation is 1. The van der Waals surface area contributed by atoms with Crippen LogP contribution in [0.5, 0.6) is 0 Å². The molecule has 1 aliphatic carbocycles. The van der Waals surface area contributed by atoms with Gasteiger partial charge in [0.05, 0.1) is 6.54 Å². The molecule has 0 atom stereocenters. The van der Waals surface area contributed by atoms with Gasteiger partial charge in [0, 0.05) is 48.1 Å². The Kier molecular flexibility index (Phi) is 3.90. The lowest BCUT2D eigenvalue weighted by atomic mass is 10.0. The molecule has 136 valence electrons. The Bertz CT molecular complexity index is 955. The van der Waals surface area contributed by atoms with E-state index < -0.39 is 5.97 Å². The molecule has 1 saturated carbocycles. The van der Waals surface area contributed by atoms with Crippen molar-refractivity contribution in [1.82, 2.24) is 19.7 Å². The second-order valence-corrected chi connectivity index (χ2v) is 7.10. The number of rotatable bonds is 4. The van der Waals surface area contributed by atoms with Gasteiger partial charge in [0.25, 0.3) is 5.91 Å². The maximum Gasteiger partial charge on any atom is 0.356 e. The average Bonchev–Trinajstić information content (AvgIpc) is 3.33. The van der Waals surface area contributed by atoms with Crippen molar-refractivity contribution in [2.75, 3.05) is 6.54 Å². The molecule has 1 amide bonds. The van der Waals surface area contributed by atoms with Gasteiger partial charge in [-0.25, -0.2) is 4.79 Å². The first-order valence-electron chi connectivity index (χ1n) is 8.74. The number of aromatic amines is 1. The lowest BCUT2D eigenvalue weighted by molar-refractivity contribution is 0.0674. The third-order valence-corrected chi connectivity index (χ3v) is 4.98. The topological polar surface area (TPSA) is 108 Å². The highest BCUT2D eigenvalue weighted by molar-refractivity contribution is 5.95. The number of carboxylic acid groups (broad SMARTS) is 1. The summed E-state index contributed by atoms with van der Waals surface area (Å²) in [6.45, 7) is 3.15. The van der Waals surface area contributed by atoms with Crippen molar-refractivity contribution >= 4 is 11.9 Å². The van der Waals surface area contributed by atoms with Gasteiger partial charge in [-0.05, 0) is 31.7 Å². The lowest BCUT2D eigenvalue weighted by Crippen LogP contribution is -2.37. The largest absolute Gasteiger partial charge is 0.476 e. The van der Waals surface area contributed by atoms with E-state index in [4.69, 9.17) is 0 Å². The number of carboxylic acids is 1. The summed E-state index contributed by atoms with van der Waals surface area (Å²) < 4.78 is 1.82. The van der Waals surface area contributed by atoms with Gasteiger partial charge in [0.1, 0.15) is 0 Å². The number of carbonyl (C=O) groups excluding carboxylic acids is 1. The zero-order chi connectivity index (χ0) is 18.4. The predicted molar refractivity (Wildman–Crippen MR) is 92.2 cm³/mol. The molecule has 4 rings (SSSR count). The number of nitrogens with one attached hydrogen (secondary N) is 1. The third-order valence-electron chi connectivity index (χ3n) is 4.98. The lowest BCUT2D eigenvalue weighted by Gasteiger charge is -2.28. The van der Waals surface area contributed by atoms with E-state index in [9.17, 15) is 19.5 Å². The van der Waals surface area contributed by atoms with Crippen molar-refractivity contribution in [3.8, 4) is 0 Å². The monoisotopic (exact) mass is 356 g/mol. The summed E-state index contributed by atoms with van der Waals surface area (Å²) in [6, 6.07) is 2.91. The number of pyridine rings is 1. The molecule has 1 aliphatic heterocycles. The first-order valence-corrected chi connectivity index (χ1v) is 8.74. The van der Waals surface area contributed by atoms with Crippen LogP contribution in [-0.2, 0) is 19.5 Å². The minimum atomic E-state index is -1.07. The summed E-state index contributed by atoms with van der Waals surface area (Å²) in [5.41, 5.74) is 2.16. The molecule has 26 heavy (non-hydrogen) atoms. The molecule has 3 heterocycles. The van der Waals surface area contributed by atoms with Crippen LogP contribution >= 0.6 is 0 Å². The number of aromatic nitrogens is 3. The third kappa shape index (κ3) is 3.02. The van der Waals surface area contributed by atoms with Crippen molar-refractivity contribution in [3.05, 3.63) is 50.7 Å². The Hall–Kier alpha value is -2.90. The van der Waals surface area contributed by atoms with Gasteiger partial charge in [0.2, 0.25) is 5.56 Å². The van der Waals surface area contributed by atoms with Gasteiger partial charge in [-0.1, -0.05) is 0 Å². The Morgan fingerprint density at radius 1 is 1.35 bits per heavy atom.